The minimum atomic E-state index is -4.59. The van der Waals surface area contributed by atoms with Crippen molar-refractivity contribution in [2.45, 2.75) is 12.7 Å². The van der Waals surface area contributed by atoms with E-state index in [-0.39, 0.29) is 18.2 Å². The number of halogens is 3. The van der Waals surface area contributed by atoms with Crippen LogP contribution in [0.15, 0.2) is 54.6 Å². The molecule has 5 nitrogen and oxygen atoms in total. The van der Waals surface area contributed by atoms with Crippen LogP contribution in [0.5, 0.6) is 11.5 Å². The van der Waals surface area contributed by atoms with Crippen LogP contribution in [0.25, 0.3) is 11.3 Å². The van der Waals surface area contributed by atoms with Crippen LogP contribution in [0.2, 0.25) is 0 Å². The maximum Gasteiger partial charge on any atom is 0.433 e. The molecule has 0 radical (unpaired) electrons. The van der Waals surface area contributed by atoms with Crippen LogP contribution in [0, 0.1) is 0 Å². The van der Waals surface area contributed by atoms with Gasteiger partial charge < -0.3 is 14.8 Å². The van der Waals surface area contributed by atoms with Crippen LogP contribution >= 0.6 is 0 Å². The summed E-state index contributed by atoms with van der Waals surface area (Å²) in [5.41, 5.74) is 0.487. The van der Waals surface area contributed by atoms with Crippen molar-refractivity contribution in [3.8, 4) is 22.8 Å². The normalized spacial score (nSPS) is 11.2. The molecule has 0 aliphatic carbocycles. The van der Waals surface area contributed by atoms with Gasteiger partial charge >= 0.3 is 6.18 Å². The van der Waals surface area contributed by atoms with Gasteiger partial charge in [-0.2, -0.15) is 13.2 Å². The third kappa shape index (κ3) is 4.70. The first-order valence-corrected chi connectivity index (χ1v) is 8.36. The lowest BCUT2D eigenvalue weighted by Gasteiger charge is -2.12. The maximum absolute atomic E-state index is 13.3. The first-order chi connectivity index (χ1) is 13.4. The zero-order valence-electron chi connectivity index (χ0n) is 15.2. The van der Waals surface area contributed by atoms with Gasteiger partial charge in [0.1, 0.15) is 11.5 Å². The number of anilines is 1. The monoisotopic (exact) mass is 389 g/mol. The smallest absolute Gasteiger partial charge is 0.433 e. The second kappa shape index (κ2) is 8.16. The number of hydrogen-bond donors (Lipinski definition) is 1. The van der Waals surface area contributed by atoms with Crippen molar-refractivity contribution in [1.29, 1.82) is 0 Å². The van der Waals surface area contributed by atoms with Crippen LogP contribution in [-0.4, -0.2) is 24.2 Å². The quantitative estimate of drug-likeness (QED) is 0.657. The Labute approximate surface area is 160 Å². The lowest BCUT2D eigenvalue weighted by Crippen LogP contribution is -2.12. The minimum absolute atomic E-state index is 0.108. The van der Waals surface area contributed by atoms with Crippen LogP contribution in [0.4, 0.5) is 19.1 Å². The molecule has 2 aromatic carbocycles. The summed E-state index contributed by atoms with van der Waals surface area (Å²) >= 11 is 0. The van der Waals surface area contributed by atoms with Gasteiger partial charge in [-0.1, -0.05) is 24.3 Å². The van der Waals surface area contributed by atoms with E-state index in [0.717, 1.165) is 11.6 Å². The first-order valence-electron chi connectivity index (χ1n) is 8.36. The molecule has 0 amide bonds. The number of nitrogens with one attached hydrogen (secondary N) is 1. The SMILES string of the molecule is COc1ccc(CNc2nc(-c3cccc(OC)c3)cc(C(F)(F)F)n2)cc1. The van der Waals surface area contributed by atoms with Crippen molar-refractivity contribution >= 4 is 5.95 Å². The Hall–Kier alpha value is -3.29. The molecule has 0 saturated carbocycles. The second-order valence-electron chi connectivity index (χ2n) is 5.89. The first kappa shape index (κ1) is 19.5. The number of methoxy groups -OCH3 is 2. The van der Waals surface area contributed by atoms with Crippen molar-refractivity contribution in [1.82, 2.24) is 9.97 Å². The van der Waals surface area contributed by atoms with Crippen molar-refractivity contribution in [3.63, 3.8) is 0 Å². The lowest BCUT2D eigenvalue weighted by atomic mass is 10.1. The molecule has 1 aromatic heterocycles. The predicted octanol–water partition coefficient (Wildman–Crippen LogP) is 4.79. The number of ether oxygens (including phenoxy) is 2. The Kier molecular flexibility index (Phi) is 5.67. The molecule has 0 spiro atoms. The lowest BCUT2D eigenvalue weighted by molar-refractivity contribution is -0.141. The van der Waals surface area contributed by atoms with Crippen LogP contribution in [0.3, 0.4) is 0 Å². The summed E-state index contributed by atoms with van der Waals surface area (Å²) in [5, 5.41) is 2.86. The molecule has 3 rings (SSSR count). The van der Waals surface area contributed by atoms with E-state index in [4.69, 9.17) is 9.47 Å². The van der Waals surface area contributed by atoms with Crippen LogP contribution in [0.1, 0.15) is 11.3 Å². The number of benzene rings is 2. The van der Waals surface area contributed by atoms with E-state index in [1.165, 1.54) is 7.11 Å². The van der Waals surface area contributed by atoms with E-state index in [1.807, 2.05) is 12.1 Å². The summed E-state index contributed by atoms with van der Waals surface area (Å²) < 4.78 is 50.1. The van der Waals surface area contributed by atoms with E-state index < -0.39 is 11.9 Å². The minimum Gasteiger partial charge on any atom is -0.497 e. The Balaban J connectivity index is 1.91. The Morgan fingerprint density at radius 3 is 2.25 bits per heavy atom. The molecule has 1 N–H and O–H groups in total. The van der Waals surface area contributed by atoms with Crippen LogP contribution < -0.4 is 14.8 Å². The van der Waals surface area contributed by atoms with Gasteiger partial charge in [-0.15, -0.1) is 0 Å². The van der Waals surface area contributed by atoms with Gasteiger partial charge in [0.15, 0.2) is 5.69 Å². The topological polar surface area (TPSA) is 56.3 Å². The second-order valence-corrected chi connectivity index (χ2v) is 5.89. The summed E-state index contributed by atoms with van der Waals surface area (Å²) in [6.07, 6.45) is -4.59. The van der Waals surface area contributed by atoms with Gasteiger partial charge in [-0.3, -0.25) is 0 Å². The zero-order valence-corrected chi connectivity index (χ0v) is 15.2. The van der Waals surface area contributed by atoms with E-state index >= 15 is 0 Å². The summed E-state index contributed by atoms with van der Waals surface area (Å²) in [7, 11) is 3.05. The average Bonchev–Trinajstić information content (AvgIpc) is 2.72. The highest BCUT2D eigenvalue weighted by Gasteiger charge is 2.33. The summed E-state index contributed by atoms with van der Waals surface area (Å²) in [5.74, 6) is 1.11. The molecule has 0 bridgehead atoms. The maximum atomic E-state index is 13.3. The Bertz CT molecular complexity index is 944. The molecule has 0 saturated heterocycles. The zero-order chi connectivity index (χ0) is 20.1. The highest BCUT2D eigenvalue weighted by atomic mass is 19.4. The van der Waals surface area contributed by atoms with E-state index in [2.05, 4.69) is 15.3 Å². The van der Waals surface area contributed by atoms with Crippen molar-refractivity contribution in [2.24, 2.45) is 0 Å². The number of nitrogens with zero attached hydrogens (tertiary/aromatic N) is 2. The molecule has 0 atom stereocenters. The van der Waals surface area contributed by atoms with E-state index in [9.17, 15) is 13.2 Å². The molecule has 3 aromatic rings. The van der Waals surface area contributed by atoms with E-state index in [1.54, 1.807) is 43.5 Å². The molecule has 1 heterocycles. The molecule has 28 heavy (non-hydrogen) atoms. The number of rotatable bonds is 6. The fraction of sp³-hybridized carbons (Fsp3) is 0.200. The number of alkyl halides is 3. The molecular formula is C20H18F3N3O2. The molecule has 0 aliphatic heterocycles. The summed E-state index contributed by atoms with van der Waals surface area (Å²) in [6, 6.07) is 14.8. The van der Waals surface area contributed by atoms with Gasteiger partial charge in [0.05, 0.1) is 19.9 Å². The highest BCUT2D eigenvalue weighted by Crippen LogP contribution is 2.32. The van der Waals surface area contributed by atoms with Gasteiger partial charge in [-0.05, 0) is 35.9 Å². The molecule has 0 fully saturated rings. The van der Waals surface area contributed by atoms with Crippen molar-refractivity contribution < 1.29 is 22.6 Å². The molecular weight excluding hydrogens is 371 g/mol. The van der Waals surface area contributed by atoms with Gasteiger partial charge in [0.2, 0.25) is 5.95 Å². The standard InChI is InChI=1S/C20H18F3N3O2/c1-27-15-8-6-13(7-9-15)12-24-19-25-17(11-18(26-19)20(21,22)23)14-4-3-5-16(10-14)28-2/h3-11H,12H2,1-2H3,(H,24,25,26). The van der Waals surface area contributed by atoms with Gasteiger partial charge in [0.25, 0.3) is 0 Å². The Morgan fingerprint density at radius 2 is 1.61 bits per heavy atom. The summed E-state index contributed by atoms with van der Waals surface area (Å²) in [4.78, 5) is 7.86. The highest BCUT2D eigenvalue weighted by molar-refractivity contribution is 5.63. The van der Waals surface area contributed by atoms with E-state index in [0.29, 0.717) is 17.1 Å². The average molecular weight is 389 g/mol. The molecule has 146 valence electrons. The predicted molar refractivity (Wildman–Crippen MR) is 99.3 cm³/mol. The van der Waals surface area contributed by atoms with Gasteiger partial charge in [0, 0.05) is 12.1 Å². The molecule has 0 aliphatic rings. The van der Waals surface area contributed by atoms with Crippen molar-refractivity contribution in [3.05, 3.63) is 65.9 Å². The van der Waals surface area contributed by atoms with Crippen LogP contribution in [-0.2, 0) is 12.7 Å². The van der Waals surface area contributed by atoms with Crippen molar-refractivity contribution in [2.75, 3.05) is 19.5 Å². The Morgan fingerprint density at radius 1 is 0.893 bits per heavy atom. The fourth-order valence-electron chi connectivity index (χ4n) is 2.53. The molecule has 8 heteroatoms. The van der Waals surface area contributed by atoms with Gasteiger partial charge in [-0.25, -0.2) is 9.97 Å². The summed E-state index contributed by atoms with van der Waals surface area (Å²) in [6.45, 7) is 0.267. The third-order valence-corrected chi connectivity index (χ3v) is 3.99. The third-order valence-electron chi connectivity index (χ3n) is 3.99. The number of aromatic nitrogens is 2. The number of hydrogen-bond acceptors (Lipinski definition) is 5. The molecule has 0 unspecified atom stereocenters. The largest absolute Gasteiger partial charge is 0.497 e. The fourth-order valence-corrected chi connectivity index (χ4v) is 2.53.